The number of thiophene rings is 2. The van der Waals surface area contributed by atoms with Crippen LogP contribution in [0.5, 0.6) is 0 Å². The third kappa shape index (κ3) is 12.5. The van der Waals surface area contributed by atoms with Gasteiger partial charge in [0.25, 0.3) is 20.0 Å². The number of sulfonamides is 2. The van der Waals surface area contributed by atoms with Gasteiger partial charge < -0.3 is 19.1 Å². The van der Waals surface area contributed by atoms with E-state index in [1.54, 1.807) is 18.2 Å². The summed E-state index contributed by atoms with van der Waals surface area (Å²) in [5.41, 5.74) is -3.59. The van der Waals surface area contributed by atoms with Gasteiger partial charge in [-0.25, -0.2) is 26.4 Å². The molecule has 2 saturated carbocycles. The minimum atomic E-state index is -4.00. The van der Waals surface area contributed by atoms with E-state index in [2.05, 4.69) is 60.1 Å². The van der Waals surface area contributed by atoms with Crippen molar-refractivity contribution in [2.45, 2.75) is 161 Å². The molecule has 19 heteroatoms. The summed E-state index contributed by atoms with van der Waals surface area (Å²) in [4.78, 5) is 30.1. The van der Waals surface area contributed by atoms with Gasteiger partial charge >= 0.3 is 11.9 Å². The minimum absolute atomic E-state index is 0.232. The average Bonchev–Trinajstić information content (AvgIpc) is 3.81. The van der Waals surface area contributed by atoms with Crippen molar-refractivity contribution in [1.29, 1.82) is 0 Å². The number of nitrogens with zero attached hydrogens (tertiary/aromatic N) is 3. The first kappa shape index (κ1) is 57.6. The molecular weight excluding hydrogens is 1070 g/mol. The van der Waals surface area contributed by atoms with E-state index in [1.165, 1.54) is 31.3 Å². The first-order valence-electron chi connectivity index (χ1n) is 24.4. The number of carbonyl (C=O) groups is 2. The Morgan fingerprint density at radius 2 is 1.01 bits per heavy atom. The molecule has 3 fully saturated rings. The van der Waals surface area contributed by atoms with Gasteiger partial charge in [0, 0.05) is 53.2 Å². The summed E-state index contributed by atoms with van der Waals surface area (Å²) in [6.45, 7) is 31.5. The number of esters is 2. The molecule has 7 rings (SSSR count). The molecule has 71 heavy (non-hydrogen) atoms. The Morgan fingerprint density at radius 3 is 1.37 bits per heavy atom. The summed E-state index contributed by atoms with van der Waals surface area (Å²) < 4.78 is 78.7. The van der Waals surface area contributed by atoms with Crippen LogP contribution < -0.4 is 4.90 Å². The van der Waals surface area contributed by atoms with E-state index in [1.807, 2.05) is 122 Å². The van der Waals surface area contributed by atoms with Crippen molar-refractivity contribution in [3.05, 3.63) is 99.8 Å². The average molecular weight is 1150 g/mol. The van der Waals surface area contributed by atoms with Gasteiger partial charge in [0.1, 0.15) is 30.7 Å². The van der Waals surface area contributed by atoms with Crippen molar-refractivity contribution in [3.8, 4) is 0 Å². The molecule has 0 radical (unpaired) electrons. The summed E-state index contributed by atoms with van der Waals surface area (Å²) in [6.07, 6.45) is 0.766. The van der Waals surface area contributed by atoms with Crippen molar-refractivity contribution >= 4 is 91.7 Å². The first-order chi connectivity index (χ1) is 32.6. The van der Waals surface area contributed by atoms with Crippen molar-refractivity contribution in [1.82, 2.24) is 8.61 Å². The summed E-state index contributed by atoms with van der Waals surface area (Å²) in [6, 6.07) is 27.9. The maximum absolute atomic E-state index is 14.5. The largest absolute Gasteiger partial charge is 0.459 e. The molecule has 2 aromatic heterocycles. The fraction of sp³-hybridized carbons (Fsp3) is 0.577. The summed E-state index contributed by atoms with van der Waals surface area (Å²) in [7, 11) is -11.2. The van der Waals surface area contributed by atoms with Gasteiger partial charge in [-0.15, -0.1) is 22.7 Å². The fourth-order valence-electron chi connectivity index (χ4n) is 9.44. The SMILES string of the molecule is CC(C)(C)OC(=O)C1(N(CC[Si](C)(C)C)S(=O)(=O)c2ccc(Br)s2)CC1(C)c1ccccc1.CC(C)(C)OC(=O)C1(N(CC[Si](C)(C)C)S(=O)(=O)c2ccc(N3CCOCC3)s2)CC1(C)c1ccccc1. The fourth-order valence-corrected chi connectivity index (χ4v) is 18.8. The summed E-state index contributed by atoms with van der Waals surface area (Å²) in [5.74, 6) is -0.948. The highest BCUT2D eigenvalue weighted by molar-refractivity contribution is 9.11. The number of benzene rings is 2. The predicted octanol–water partition coefficient (Wildman–Crippen LogP) is 11.6. The maximum Gasteiger partial charge on any atom is 0.329 e. The number of carbonyl (C=O) groups excluding carboxylic acids is 2. The molecule has 12 nitrogen and oxygen atoms in total. The number of anilines is 1. The third-order valence-electron chi connectivity index (χ3n) is 13.6. The Kier molecular flexibility index (Phi) is 16.8. The van der Waals surface area contributed by atoms with Gasteiger partial charge in [-0.3, -0.25) is 0 Å². The minimum Gasteiger partial charge on any atom is -0.459 e. The lowest BCUT2D eigenvalue weighted by atomic mass is 9.92. The topological polar surface area (TPSA) is 140 Å². The number of hydrogen-bond acceptors (Lipinski definition) is 12. The lowest BCUT2D eigenvalue weighted by Gasteiger charge is -2.36. The molecule has 3 heterocycles. The van der Waals surface area contributed by atoms with Gasteiger partial charge in [-0.1, -0.05) is 114 Å². The van der Waals surface area contributed by atoms with Crippen LogP contribution in [-0.4, -0.2) is 115 Å². The smallest absolute Gasteiger partial charge is 0.329 e. The number of ether oxygens (including phenoxy) is 3. The van der Waals surface area contributed by atoms with Gasteiger partial charge in [-0.05, 0) is 118 Å². The van der Waals surface area contributed by atoms with Crippen LogP contribution in [0, 0.1) is 0 Å². The lowest BCUT2D eigenvalue weighted by Crippen LogP contribution is -2.54. The Hall–Kier alpha value is -2.73. The molecule has 1 saturated heterocycles. The molecule has 0 spiro atoms. The molecule has 3 aliphatic rings. The van der Waals surface area contributed by atoms with Gasteiger partial charge in [0.2, 0.25) is 0 Å². The molecule has 392 valence electrons. The van der Waals surface area contributed by atoms with Crippen molar-refractivity contribution in [2.24, 2.45) is 0 Å². The molecule has 2 aromatic carbocycles. The molecule has 4 atom stereocenters. The Bertz CT molecular complexity index is 2740. The van der Waals surface area contributed by atoms with Crippen LogP contribution in [0.1, 0.15) is 79.4 Å². The zero-order valence-corrected chi connectivity index (χ0v) is 51.0. The zero-order valence-electron chi connectivity index (χ0n) is 44.2. The van der Waals surface area contributed by atoms with E-state index in [9.17, 15) is 26.4 Å². The van der Waals surface area contributed by atoms with E-state index in [4.69, 9.17) is 14.2 Å². The van der Waals surface area contributed by atoms with Gasteiger partial charge in [-0.2, -0.15) is 8.61 Å². The van der Waals surface area contributed by atoms with Gasteiger partial charge in [0.15, 0.2) is 0 Å². The highest BCUT2D eigenvalue weighted by atomic mass is 79.9. The van der Waals surface area contributed by atoms with Crippen molar-refractivity contribution in [2.75, 3.05) is 44.3 Å². The number of morpholine rings is 1. The Labute approximate surface area is 443 Å². The molecular formula is C52H76BrN3O9S4Si2. The molecule has 0 N–H and O–H groups in total. The standard InChI is InChI=1S/C28H42N2O5S2Si.C24H34BrNO4S2Si/c1-26(2,3)35-25(31)28(21-27(28,4)22-11-9-8-10-12-22)30(17-20-38(5,6)7)37(32,33)24-14-13-23(36-24)29-15-18-34-19-16-29;1-22(2,3)30-21(27)24(17-23(24,4)18-11-9-8-10-12-18)26(15-16-33(5,6)7)32(28,29)20-14-13-19(25)31-20/h8-14H,15-21H2,1-7H3;8-14H,15-17H2,1-7H3. The van der Waals surface area contributed by atoms with E-state index in [0.717, 1.165) is 45.1 Å². The van der Waals surface area contributed by atoms with Crippen LogP contribution in [0.15, 0.2) is 97.1 Å². The Balaban J connectivity index is 0.000000235. The monoisotopic (exact) mass is 1150 g/mol. The highest BCUT2D eigenvalue weighted by Gasteiger charge is 2.78. The van der Waals surface area contributed by atoms with E-state index in [-0.39, 0.29) is 21.5 Å². The molecule has 4 unspecified atom stereocenters. The van der Waals surface area contributed by atoms with Crippen molar-refractivity contribution < 1.29 is 40.6 Å². The quantitative estimate of drug-likeness (QED) is 0.0741. The lowest BCUT2D eigenvalue weighted by molar-refractivity contribution is -0.163. The number of rotatable bonds is 17. The van der Waals surface area contributed by atoms with Crippen LogP contribution in [0.2, 0.25) is 51.4 Å². The molecule has 0 bridgehead atoms. The van der Waals surface area contributed by atoms with E-state index in [0.29, 0.717) is 26.1 Å². The summed E-state index contributed by atoms with van der Waals surface area (Å²) in [5, 5.41) is 0.907. The third-order valence-corrected chi connectivity index (χ3v) is 24.6. The van der Waals surface area contributed by atoms with Crippen LogP contribution in [0.4, 0.5) is 5.00 Å². The molecule has 2 aliphatic carbocycles. The van der Waals surface area contributed by atoms with Crippen LogP contribution >= 0.6 is 38.6 Å². The second-order valence-electron chi connectivity index (χ2n) is 24.0. The maximum atomic E-state index is 14.5. The molecule has 0 amide bonds. The highest BCUT2D eigenvalue weighted by Crippen LogP contribution is 2.64. The van der Waals surface area contributed by atoms with Crippen LogP contribution in [0.3, 0.4) is 0 Å². The van der Waals surface area contributed by atoms with Crippen molar-refractivity contribution in [3.63, 3.8) is 0 Å². The van der Waals surface area contributed by atoms with Crippen LogP contribution in [-0.2, 0) is 54.7 Å². The predicted molar refractivity (Wildman–Crippen MR) is 297 cm³/mol. The molecule has 4 aromatic rings. The second-order valence-corrected chi connectivity index (χ2v) is 42.9. The summed E-state index contributed by atoms with van der Waals surface area (Å²) >= 11 is 5.83. The Morgan fingerprint density at radius 1 is 0.634 bits per heavy atom. The first-order valence-corrected chi connectivity index (χ1v) is 37.2. The number of hydrogen-bond donors (Lipinski definition) is 0. The van der Waals surface area contributed by atoms with Gasteiger partial charge in [0.05, 0.1) is 22.0 Å². The molecule has 1 aliphatic heterocycles. The van der Waals surface area contributed by atoms with E-state index >= 15 is 0 Å². The number of halogens is 1. The van der Waals surface area contributed by atoms with Crippen LogP contribution in [0.25, 0.3) is 0 Å². The normalized spacial score (nSPS) is 24.0. The second kappa shape index (κ2) is 20.8. The van der Waals surface area contributed by atoms with E-state index < -0.39 is 81.2 Å². The zero-order chi connectivity index (χ0) is 52.9.